The van der Waals surface area contributed by atoms with Crippen LogP contribution in [0.1, 0.15) is 60.3 Å². The smallest absolute Gasteiger partial charge is 0.248 e. The molecule has 7 heteroatoms. The topological polar surface area (TPSA) is 85.1 Å². The molecule has 1 aromatic heterocycles. The van der Waals surface area contributed by atoms with E-state index in [1.54, 1.807) is 23.5 Å². The molecule has 1 saturated carbocycles. The van der Waals surface area contributed by atoms with Crippen molar-refractivity contribution in [2.24, 2.45) is 5.73 Å². The summed E-state index contributed by atoms with van der Waals surface area (Å²) in [6, 6.07) is 5.13. The number of rotatable bonds is 6. The second-order valence-electron chi connectivity index (χ2n) is 6.24. The number of thiazole rings is 1. The number of hydrogen-bond acceptors (Lipinski definition) is 4. The van der Waals surface area contributed by atoms with E-state index in [1.165, 1.54) is 32.1 Å². The molecule has 0 bridgehead atoms. The van der Waals surface area contributed by atoms with E-state index in [1.807, 2.05) is 19.2 Å². The maximum atomic E-state index is 12.6. The predicted octanol–water partition coefficient (Wildman–Crippen LogP) is 3.59. The van der Waals surface area contributed by atoms with Crippen molar-refractivity contribution in [2.45, 2.75) is 49.8 Å². The SMILES string of the molecule is CCNS(=O)c1cc(C(N)=O)ccc1-c1cnc(C2CCCCC2)s1. The van der Waals surface area contributed by atoms with Crippen LogP contribution in [0.5, 0.6) is 0 Å². The molecule has 1 atom stereocenters. The van der Waals surface area contributed by atoms with Crippen molar-refractivity contribution >= 4 is 28.2 Å². The first kappa shape index (κ1) is 18.2. The monoisotopic (exact) mass is 377 g/mol. The molecular formula is C18H23N3O2S2. The minimum Gasteiger partial charge on any atom is -0.366 e. The lowest BCUT2D eigenvalue weighted by molar-refractivity contribution is 0.1000. The van der Waals surface area contributed by atoms with Crippen molar-refractivity contribution in [3.8, 4) is 10.4 Å². The molecule has 0 spiro atoms. The van der Waals surface area contributed by atoms with Crippen LogP contribution in [0.15, 0.2) is 29.3 Å². The first-order chi connectivity index (χ1) is 12.1. The molecule has 3 rings (SSSR count). The molecule has 1 aromatic carbocycles. The summed E-state index contributed by atoms with van der Waals surface area (Å²) in [4.78, 5) is 17.7. The van der Waals surface area contributed by atoms with Gasteiger partial charge in [0.1, 0.15) is 11.0 Å². The van der Waals surface area contributed by atoms with Crippen molar-refractivity contribution in [2.75, 3.05) is 6.54 Å². The highest BCUT2D eigenvalue weighted by atomic mass is 32.2. The van der Waals surface area contributed by atoms with E-state index >= 15 is 0 Å². The first-order valence-electron chi connectivity index (χ1n) is 8.65. The highest BCUT2D eigenvalue weighted by Crippen LogP contribution is 2.38. The molecule has 0 saturated heterocycles. The van der Waals surface area contributed by atoms with Crippen LogP contribution in [0.25, 0.3) is 10.4 Å². The van der Waals surface area contributed by atoms with Gasteiger partial charge in [-0.1, -0.05) is 32.3 Å². The lowest BCUT2D eigenvalue weighted by Gasteiger charge is -2.18. The lowest BCUT2D eigenvalue weighted by Crippen LogP contribution is -2.18. The van der Waals surface area contributed by atoms with E-state index in [0.717, 1.165) is 15.4 Å². The van der Waals surface area contributed by atoms with Crippen LogP contribution in [-0.4, -0.2) is 21.6 Å². The van der Waals surface area contributed by atoms with Crippen molar-refractivity contribution < 1.29 is 9.00 Å². The zero-order chi connectivity index (χ0) is 17.8. The van der Waals surface area contributed by atoms with Crippen LogP contribution >= 0.6 is 11.3 Å². The molecule has 1 unspecified atom stereocenters. The van der Waals surface area contributed by atoms with Crippen molar-refractivity contribution in [3.63, 3.8) is 0 Å². The van der Waals surface area contributed by atoms with Gasteiger partial charge < -0.3 is 5.73 Å². The minimum absolute atomic E-state index is 0.363. The fourth-order valence-corrected chi connectivity index (χ4v) is 5.41. The van der Waals surface area contributed by atoms with Crippen molar-refractivity contribution in [1.82, 2.24) is 9.71 Å². The van der Waals surface area contributed by atoms with Gasteiger partial charge in [0.2, 0.25) is 5.91 Å². The van der Waals surface area contributed by atoms with E-state index in [0.29, 0.717) is 22.9 Å². The number of hydrogen-bond donors (Lipinski definition) is 2. The highest BCUT2D eigenvalue weighted by Gasteiger charge is 2.21. The Morgan fingerprint density at radius 1 is 1.36 bits per heavy atom. The van der Waals surface area contributed by atoms with Crippen LogP contribution in [-0.2, 0) is 11.0 Å². The number of primary amides is 1. The Kier molecular flexibility index (Phi) is 5.98. The van der Waals surface area contributed by atoms with E-state index in [2.05, 4.69) is 9.71 Å². The van der Waals surface area contributed by atoms with Crippen LogP contribution < -0.4 is 10.5 Å². The minimum atomic E-state index is -1.40. The van der Waals surface area contributed by atoms with Gasteiger partial charge in [-0.05, 0) is 25.0 Å². The zero-order valence-corrected chi connectivity index (χ0v) is 15.9. The summed E-state index contributed by atoms with van der Waals surface area (Å²) in [6.45, 7) is 2.46. The lowest BCUT2D eigenvalue weighted by atomic mass is 9.90. The number of carbonyl (C=O) groups excluding carboxylic acids is 1. The van der Waals surface area contributed by atoms with E-state index in [-0.39, 0.29) is 0 Å². The Balaban J connectivity index is 1.96. The molecule has 0 aliphatic heterocycles. The molecule has 25 heavy (non-hydrogen) atoms. The molecule has 1 aliphatic rings. The van der Waals surface area contributed by atoms with E-state index in [9.17, 15) is 9.00 Å². The van der Waals surface area contributed by atoms with Gasteiger partial charge >= 0.3 is 0 Å². The second kappa shape index (κ2) is 8.21. The maximum absolute atomic E-state index is 12.6. The van der Waals surface area contributed by atoms with Gasteiger partial charge in [0.25, 0.3) is 0 Å². The molecule has 1 amide bonds. The van der Waals surface area contributed by atoms with E-state index in [4.69, 9.17) is 5.73 Å². The standard InChI is InChI=1S/C18H23N3O2S2/c1-2-21-25(23)16-10-13(17(19)22)8-9-14(16)15-11-20-18(24-15)12-6-4-3-5-7-12/h8-12,21H,2-7H2,1H3,(H2,19,22). The first-order valence-corrected chi connectivity index (χ1v) is 10.6. The Hall–Kier alpha value is -1.57. The summed E-state index contributed by atoms with van der Waals surface area (Å²) in [6.07, 6.45) is 8.11. The Morgan fingerprint density at radius 3 is 2.80 bits per heavy atom. The average Bonchev–Trinajstić information content (AvgIpc) is 3.12. The highest BCUT2D eigenvalue weighted by molar-refractivity contribution is 7.83. The molecule has 5 nitrogen and oxygen atoms in total. The number of nitrogens with two attached hydrogens (primary N) is 1. The number of nitrogens with zero attached hydrogens (tertiary/aromatic N) is 1. The Morgan fingerprint density at radius 2 is 2.12 bits per heavy atom. The van der Waals surface area contributed by atoms with Crippen LogP contribution in [0.4, 0.5) is 0 Å². The number of nitrogens with one attached hydrogen (secondary N) is 1. The zero-order valence-electron chi connectivity index (χ0n) is 14.3. The molecule has 134 valence electrons. The quantitative estimate of drug-likeness (QED) is 0.807. The second-order valence-corrected chi connectivity index (χ2v) is 8.57. The number of amides is 1. The van der Waals surface area contributed by atoms with Gasteiger partial charge in [-0.3, -0.25) is 4.79 Å². The van der Waals surface area contributed by atoms with Crippen LogP contribution in [0.2, 0.25) is 0 Å². The summed E-state index contributed by atoms with van der Waals surface area (Å²) in [7, 11) is -1.40. The maximum Gasteiger partial charge on any atom is 0.248 e. The molecule has 1 fully saturated rings. The largest absolute Gasteiger partial charge is 0.366 e. The summed E-state index contributed by atoms with van der Waals surface area (Å²) in [5, 5.41) is 1.16. The van der Waals surface area contributed by atoms with Gasteiger partial charge in [0.05, 0.1) is 14.8 Å². The number of carbonyl (C=O) groups is 1. The van der Waals surface area contributed by atoms with Gasteiger partial charge in [0, 0.05) is 29.8 Å². The summed E-state index contributed by atoms with van der Waals surface area (Å²) >= 11 is 1.67. The van der Waals surface area contributed by atoms with Gasteiger partial charge in [-0.2, -0.15) is 0 Å². The molecular weight excluding hydrogens is 354 g/mol. The van der Waals surface area contributed by atoms with Crippen LogP contribution in [0.3, 0.4) is 0 Å². The molecule has 0 radical (unpaired) electrons. The number of aromatic nitrogens is 1. The third kappa shape index (κ3) is 4.16. The summed E-state index contributed by atoms with van der Waals surface area (Å²) < 4.78 is 15.5. The Labute approximate surface area is 154 Å². The van der Waals surface area contributed by atoms with Gasteiger partial charge in [-0.15, -0.1) is 11.3 Å². The van der Waals surface area contributed by atoms with Crippen molar-refractivity contribution in [1.29, 1.82) is 0 Å². The predicted molar refractivity (Wildman–Crippen MR) is 102 cm³/mol. The summed E-state index contributed by atoms with van der Waals surface area (Å²) in [5.41, 5.74) is 6.59. The molecule has 1 heterocycles. The Bertz CT molecular complexity index is 782. The van der Waals surface area contributed by atoms with Gasteiger partial charge in [0.15, 0.2) is 0 Å². The molecule has 2 aromatic rings. The number of benzene rings is 1. The fraction of sp³-hybridized carbons (Fsp3) is 0.444. The normalized spacial score (nSPS) is 16.7. The van der Waals surface area contributed by atoms with Gasteiger partial charge in [-0.25, -0.2) is 13.9 Å². The third-order valence-electron chi connectivity index (χ3n) is 4.48. The molecule has 1 aliphatic carbocycles. The average molecular weight is 378 g/mol. The van der Waals surface area contributed by atoms with Crippen molar-refractivity contribution in [3.05, 3.63) is 35.0 Å². The van der Waals surface area contributed by atoms with E-state index < -0.39 is 16.9 Å². The summed E-state index contributed by atoms with van der Waals surface area (Å²) in [5.74, 6) is 0.0219. The third-order valence-corrected chi connectivity index (χ3v) is 6.97. The van der Waals surface area contributed by atoms with Crippen LogP contribution in [0, 0.1) is 0 Å². The molecule has 3 N–H and O–H groups in total. The fourth-order valence-electron chi connectivity index (χ4n) is 3.19.